The largest absolute Gasteiger partial charge is 0.496 e. The van der Waals surface area contributed by atoms with Crippen LogP contribution in [-0.4, -0.2) is 12.3 Å². The van der Waals surface area contributed by atoms with Gasteiger partial charge in [-0.2, -0.15) is 13.2 Å². The van der Waals surface area contributed by atoms with Crippen molar-refractivity contribution in [2.24, 2.45) is 0 Å². The number of rotatable bonds is 5. The molecule has 1 aromatic heterocycles. The standard InChI is InChI=1S/C19H16F3NO2S/c1-12-15(11-26-17-6-4-3-5-16(17)24-2)23-25-18(12)13-7-9-14(10-8-13)19(20,21)22/h3-10H,11H2,1-2H3. The fourth-order valence-electron chi connectivity index (χ4n) is 2.47. The van der Waals surface area contributed by atoms with Crippen molar-refractivity contribution in [3.8, 4) is 17.1 Å². The first-order valence-corrected chi connectivity index (χ1v) is 8.77. The molecule has 26 heavy (non-hydrogen) atoms. The summed E-state index contributed by atoms with van der Waals surface area (Å²) in [5, 5.41) is 4.07. The second-order valence-corrected chi connectivity index (χ2v) is 6.62. The average molecular weight is 379 g/mol. The molecule has 3 rings (SSSR count). The molecule has 0 N–H and O–H groups in total. The summed E-state index contributed by atoms with van der Waals surface area (Å²) in [6.07, 6.45) is -4.36. The number of methoxy groups -OCH3 is 1. The van der Waals surface area contributed by atoms with Crippen molar-refractivity contribution in [3.05, 3.63) is 65.4 Å². The van der Waals surface area contributed by atoms with E-state index >= 15 is 0 Å². The third kappa shape index (κ3) is 3.88. The second kappa shape index (κ2) is 7.45. The van der Waals surface area contributed by atoms with E-state index in [9.17, 15) is 13.2 Å². The lowest BCUT2D eigenvalue weighted by Gasteiger charge is -2.07. The van der Waals surface area contributed by atoms with Crippen molar-refractivity contribution in [2.75, 3.05) is 7.11 Å². The Kier molecular flexibility index (Phi) is 5.27. The predicted molar refractivity (Wildman–Crippen MR) is 94.2 cm³/mol. The molecular weight excluding hydrogens is 363 g/mol. The molecule has 0 spiro atoms. The Morgan fingerprint density at radius 3 is 2.42 bits per heavy atom. The van der Waals surface area contributed by atoms with Crippen LogP contribution in [-0.2, 0) is 11.9 Å². The molecule has 0 aliphatic heterocycles. The van der Waals surface area contributed by atoms with Gasteiger partial charge in [0.2, 0.25) is 0 Å². The molecule has 0 saturated heterocycles. The predicted octanol–water partition coefficient (Wildman–Crippen LogP) is 5.97. The van der Waals surface area contributed by atoms with E-state index in [1.165, 1.54) is 12.1 Å². The van der Waals surface area contributed by atoms with Crippen LogP contribution in [0.5, 0.6) is 5.75 Å². The molecule has 0 bridgehead atoms. The van der Waals surface area contributed by atoms with Gasteiger partial charge in [-0.3, -0.25) is 0 Å². The smallest absolute Gasteiger partial charge is 0.416 e. The number of alkyl halides is 3. The summed E-state index contributed by atoms with van der Waals surface area (Å²) in [6, 6.07) is 12.5. The number of ether oxygens (including phenoxy) is 1. The SMILES string of the molecule is COc1ccccc1SCc1noc(-c2ccc(C(F)(F)F)cc2)c1C. The molecule has 2 aromatic carbocycles. The van der Waals surface area contributed by atoms with E-state index in [2.05, 4.69) is 5.16 Å². The lowest BCUT2D eigenvalue weighted by Crippen LogP contribution is -2.03. The number of thioether (sulfide) groups is 1. The van der Waals surface area contributed by atoms with Crippen LogP contribution in [0, 0.1) is 6.92 Å². The van der Waals surface area contributed by atoms with Gasteiger partial charge >= 0.3 is 6.18 Å². The quantitative estimate of drug-likeness (QED) is 0.512. The molecular formula is C19H16F3NO2S. The van der Waals surface area contributed by atoms with Gasteiger partial charge in [0.1, 0.15) is 5.75 Å². The van der Waals surface area contributed by atoms with E-state index in [4.69, 9.17) is 9.26 Å². The van der Waals surface area contributed by atoms with Crippen molar-refractivity contribution < 1.29 is 22.4 Å². The Morgan fingerprint density at radius 1 is 1.08 bits per heavy atom. The van der Waals surface area contributed by atoms with Gasteiger partial charge in [-0.05, 0) is 31.2 Å². The summed E-state index contributed by atoms with van der Waals surface area (Å²) in [6.45, 7) is 1.85. The summed E-state index contributed by atoms with van der Waals surface area (Å²) >= 11 is 1.56. The number of halogens is 3. The zero-order valence-electron chi connectivity index (χ0n) is 14.1. The molecule has 7 heteroatoms. The zero-order valence-corrected chi connectivity index (χ0v) is 14.9. The molecule has 136 valence electrons. The van der Waals surface area contributed by atoms with Crippen molar-refractivity contribution in [1.82, 2.24) is 5.16 Å². The first kappa shape index (κ1) is 18.4. The Balaban J connectivity index is 1.78. The first-order valence-electron chi connectivity index (χ1n) is 7.78. The number of hydrogen-bond acceptors (Lipinski definition) is 4. The van der Waals surface area contributed by atoms with E-state index in [1.807, 2.05) is 31.2 Å². The minimum absolute atomic E-state index is 0.481. The molecule has 0 aliphatic carbocycles. The van der Waals surface area contributed by atoms with Crippen LogP contribution in [0.25, 0.3) is 11.3 Å². The van der Waals surface area contributed by atoms with Gasteiger partial charge in [-0.25, -0.2) is 0 Å². The van der Waals surface area contributed by atoms with Crippen LogP contribution in [0.15, 0.2) is 57.9 Å². The Morgan fingerprint density at radius 2 is 1.77 bits per heavy atom. The Bertz CT molecular complexity index is 889. The van der Waals surface area contributed by atoms with Crippen LogP contribution in [0.2, 0.25) is 0 Å². The molecule has 0 radical (unpaired) electrons. The molecule has 0 atom stereocenters. The molecule has 0 saturated carbocycles. The van der Waals surface area contributed by atoms with Gasteiger partial charge in [0, 0.05) is 21.8 Å². The highest BCUT2D eigenvalue weighted by atomic mass is 32.2. The summed E-state index contributed by atoms with van der Waals surface area (Å²) < 4.78 is 48.7. The van der Waals surface area contributed by atoms with Crippen LogP contribution in [0.3, 0.4) is 0 Å². The molecule has 0 amide bonds. The molecule has 1 heterocycles. The van der Waals surface area contributed by atoms with Gasteiger partial charge in [0.25, 0.3) is 0 Å². The van der Waals surface area contributed by atoms with E-state index < -0.39 is 11.7 Å². The normalized spacial score (nSPS) is 11.6. The van der Waals surface area contributed by atoms with Crippen LogP contribution < -0.4 is 4.74 Å². The minimum Gasteiger partial charge on any atom is -0.496 e. The average Bonchev–Trinajstić information content (AvgIpc) is 3.00. The topological polar surface area (TPSA) is 35.3 Å². The monoisotopic (exact) mass is 379 g/mol. The van der Waals surface area contributed by atoms with E-state index in [0.29, 0.717) is 17.1 Å². The van der Waals surface area contributed by atoms with Crippen molar-refractivity contribution in [3.63, 3.8) is 0 Å². The van der Waals surface area contributed by atoms with Crippen molar-refractivity contribution in [2.45, 2.75) is 23.7 Å². The fourth-order valence-corrected chi connectivity index (χ4v) is 3.50. The van der Waals surface area contributed by atoms with Crippen molar-refractivity contribution in [1.29, 1.82) is 0 Å². The number of aromatic nitrogens is 1. The number of hydrogen-bond donors (Lipinski definition) is 0. The minimum atomic E-state index is -4.36. The summed E-state index contributed by atoms with van der Waals surface area (Å²) in [7, 11) is 1.61. The summed E-state index contributed by atoms with van der Waals surface area (Å²) in [4.78, 5) is 0.980. The summed E-state index contributed by atoms with van der Waals surface area (Å²) in [5.74, 6) is 1.83. The van der Waals surface area contributed by atoms with Crippen molar-refractivity contribution >= 4 is 11.8 Å². The second-order valence-electron chi connectivity index (χ2n) is 5.60. The maximum Gasteiger partial charge on any atom is 0.416 e. The maximum atomic E-state index is 12.7. The molecule has 0 aliphatic rings. The first-order chi connectivity index (χ1) is 12.4. The fraction of sp³-hybridized carbons (Fsp3) is 0.211. The van der Waals surface area contributed by atoms with Gasteiger partial charge in [0.15, 0.2) is 5.76 Å². The molecule has 3 nitrogen and oxygen atoms in total. The van der Waals surface area contributed by atoms with Crippen LogP contribution >= 0.6 is 11.8 Å². The maximum absolute atomic E-state index is 12.7. The highest BCUT2D eigenvalue weighted by Gasteiger charge is 2.30. The van der Waals surface area contributed by atoms with E-state index in [1.54, 1.807) is 18.9 Å². The van der Waals surface area contributed by atoms with E-state index in [-0.39, 0.29) is 0 Å². The Hall–Kier alpha value is -2.41. The lowest BCUT2D eigenvalue weighted by atomic mass is 10.1. The molecule has 0 unspecified atom stereocenters. The number of para-hydroxylation sites is 1. The molecule has 3 aromatic rings. The van der Waals surface area contributed by atoms with Gasteiger partial charge in [-0.15, -0.1) is 11.8 Å². The van der Waals surface area contributed by atoms with E-state index in [0.717, 1.165) is 34.0 Å². The number of nitrogens with zero attached hydrogens (tertiary/aromatic N) is 1. The Labute approximate surface area is 153 Å². The third-order valence-electron chi connectivity index (χ3n) is 3.93. The third-order valence-corrected chi connectivity index (χ3v) is 4.99. The van der Waals surface area contributed by atoms with Crippen LogP contribution in [0.1, 0.15) is 16.8 Å². The highest BCUT2D eigenvalue weighted by Crippen LogP contribution is 2.35. The van der Waals surface area contributed by atoms with Gasteiger partial charge in [-0.1, -0.05) is 29.4 Å². The van der Waals surface area contributed by atoms with Gasteiger partial charge < -0.3 is 9.26 Å². The summed E-state index contributed by atoms with van der Waals surface area (Å²) in [5.41, 5.74) is 1.44. The number of benzene rings is 2. The zero-order chi connectivity index (χ0) is 18.7. The van der Waals surface area contributed by atoms with Crippen LogP contribution in [0.4, 0.5) is 13.2 Å². The molecule has 0 fully saturated rings. The highest BCUT2D eigenvalue weighted by molar-refractivity contribution is 7.98. The van der Waals surface area contributed by atoms with Gasteiger partial charge in [0.05, 0.1) is 18.4 Å². The lowest BCUT2D eigenvalue weighted by molar-refractivity contribution is -0.137.